The molecule has 4 nitrogen and oxygen atoms in total. The second kappa shape index (κ2) is 4.88. The molecule has 1 aromatic rings. The standard InChI is InChI=1S/C11H11N3OS/c15-11-7-14(6-5-12-11)10-3-1-9(2-4-10)13-8-16/h1-4H,5-7H2,(H,12,15). The van der Waals surface area contributed by atoms with Crippen LogP contribution in [0.5, 0.6) is 0 Å². The quantitative estimate of drug-likeness (QED) is 0.619. The van der Waals surface area contributed by atoms with Crippen LogP contribution in [0.15, 0.2) is 29.3 Å². The highest BCUT2D eigenvalue weighted by atomic mass is 32.1. The van der Waals surface area contributed by atoms with Crippen molar-refractivity contribution in [3.63, 3.8) is 0 Å². The van der Waals surface area contributed by atoms with Gasteiger partial charge in [0.1, 0.15) is 0 Å². The minimum Gasteiger partial charge on any atom is -0.360 e. The summed E-state index contributed by atoms with van der Waals surface area (Å²) in [5.74, 6) is 0.0623. The molecule has 0 atom stereocenters. The minimum atomic E-state index is 0.0623. The molecule has 1 heterocycles. The van der Waals surface area contributed by atoms with Gasteiger partial charge in [-0.15, -0.1) is 0 Å². The van der Waals surface area contributed by atoms with Gasteiger partial charge in [0.15, 0.2) is 0 Å². The molecule has 0 saturated carbocycles. The molecule has 5 heteroatoms. The number of piperazine rings is 1. The van der Waals surface area contributed by atoms with Crippen LogP contribution in [-0.2, 0) is 4.79 Å². The van der Waals surface area contributed by atoms with E-state index in [2.05, 4.69) is 27.7 Å². The third kappa shape index (κ3) is 2.45. The third-order valence-corrected chi connectivity index (χ3v) is 2.52. The van der Waals surface area contributed by atoms with E-state index < -0.39 is 0 Å². The zero-order valence-corrected chi connectivity index (χ0v) is 9.46. The Balaban J connectivity index is 2.14. The Kier molecular flexibility index (Phi) is 3.29. The fourth-order valence-electron chi connectivity index (χ4n) is 1.65. The maximum absolute atomic E-state index is 11.2. The van der Waals surface area contributed by atoms with Gasteiger partial charge in [-0.05, 0) is 36.5 Å². The molecule has 0 unspecified atom stereocenters. The number of benzene rings is 1. The topological polar surface area (TPSA) is 44.7 Å². The van der Waals surface area contributed by atoms with Gasteiger partial charge in [0, 0.05) is 18.8 Å². The Morgan fingerprint density at radius 2 is 2.12 bits per heavy atom. The highest BCUT2D eigenvalue weighted by Crippen LogP contribution is 2.19. The van der Waals surface area contributed by atoms with Gasteiger partial charge in [-0.1, -0.05) is 0 Å². The van der Waals surface area contributed by atoms with Crippen LogP contribution in [0.25, 0.3) is 0 Å². The van der Waals surface area contributed by atoms with Crippen molar-refractivity contribution in [1.82, 2.24) is 5.32 Å². The molecule has 1 N–H and O–H groups in total. The SMILES string of the molecule is O=C1CN(c2ccc(N=C=S)cc2)CCN1. The van der Waals surface area contributed by atoms with Crippen molar-refractivity contribution >= 4 is 34.7 Å². The van der Waals surface area contributed by atoms with Gasteiger partial charge in [0.2, 0.25) is 5.91 Å². The van der Waals surface area contributed by atoms with Crippen LogP contribution in [0.4, 0.5) is 11.4 Å². The Hall–Kier alpha value is -1.71. The predicted molar refractivity (Wildman–Crippen MR) is 66.4 cm³/mol. The lowest BCUT2D eigenvalue weighted by atomic mass is 10.2. The van der Waals surface area contributed by atoms with E-state index in [0.29, 0.717) is 13.1 Å². The number of rotatable bonds is 2. The maximum atomic E-state index is 11.2. The molecule has 0 aliphatic carbocycles. The summed E-state index contributed by atoms with van der Waals surface area (Å²) in [5, 5.41) is 5.11. The summed E-state index contributed by atoms with van der Waals surface area (Å²) in [6.07, 6.45) is 0. The third-order valence-electron chi connectivity index (χ3n) is 2.43. The second-order valence-electron chi connectivity index (χ2n) is 3.49. The van der Waals surface area contributed by atoms with Crippen LogP contribution in [0.3, 0.4) is 0 Å². The summed E-state index contributed by atoms with van der Waals surface area (Å²) in [5.41, 5.74) is 1.80. The number of aliphatic imine (C=N–C) groups is 1. The fraction of sp³-hybridized carbons (Fsp3) is 0.273. The molecule has 1 fully saturated rings. The van der Waals surface area contributed by atoms with E-state index in [1.54, 1.807) is 0 Å². The van der Waals surface area contributed by atoms with Crippen molar-refractivity contribution in [2.45, 2.75) is 0 Å². The van der Waals surface area contributed by atoms with Crippen molar-refractivity contribution in [2.24, 2.45) is 4.99 Å². The highest BCUT2D eigenvalue weighted by molar-refractivity contribution is 7.78. The van der Waals surface area contributed by atoms with Gasteiger partial charge in [-0.2, -0.15) is 4.99 Å². The molecule has 16 heavy (non-hydrogen) atoms. The van der Waals surface area contributed by atoms with E-state index in [4.69, 9.17) is 0 Å². The van der Waals surface area contributed by atoms with Crippen LogP contribution in [0.1, 0.15) is 0 Å². The summed E-state index contributed by atoms with van der Waals surface area (Å²) in [6, 6.07) is 7.59. The largest absolute Gasteiger partial charge is 0.360 e. The molecule has 1 saturated heterocycles. The van der Waals surface area contributed by atoms with Crippen molar-refractivity contribution in [3.8, 4) is 0 Å². The number of nitrogens with zero attached hydrogens (tertiary/aromatic N) is 2. The molecular formula is C11H11N3OS. The van der Waals surface area contributed by atoms with Gasteiger partial charge >= 0.3 is 0 Å². The Morgan fingerprint density at radius 3 is 2.75 bits per heavy atom. The normalized spacial score (nSPS) is 15.2. The van der Waals surface area contributed by atoms with Crippen molar-refractivity contribution in [3.05, 3.63) is 24.3 Å². The summed E-state index contributed by atoms with van der Waals surface area (Å²) < 4.78 is 0. The monoisotopic (exact) mass is 233 g/mol. The molecule has 0 bridgehead atoms. The first-order valence-electron chi connectivity index (χ1n) is 4.99. The number of isothiocyanates is 1. The summed E-state index contributed by atoms with van der Waals surface area (Å²) >= 11 is 4.53. The summed E-state index contributed by atoms with van der Waals surface area (Å²) in [6.45, 7) is 1.94. The fourth-order valence-corrected chi connectivity index (χ4v) is 1.76. The second-order valence-corrected chi connectivity index (χ2v) is 3.67. The molecule has 2 rings (SSSR count). The van der Waals surface area contributed by atoms with E-state index in [0.717, 1.165) is 17.9 Å². The van der Waals surface area contributed by atoms with E-state index in [-0.39, 0.29) is 5.91 Å². The first-order valence-corrected chi connectivity index (χ1v) is 5.40. The van der Waals surface area contributed by atoms with Gasteiger partial charge in [0.25, 0.3) is 0 Å². The van der Waals surface area contributed by atoms with E-state index >= 15 is 0 Å². The number of thiocarbonyl (C=S) groups is 1. The van der Waals surface area contributed by atoms with Crippen molar-refractivity contribution in [1.29, 1.82) is 0 Å². The zero-order chi connectivity index (χ0) is 11.4. The number of hydrogen-bond donors (Lipinski definition) is 1. The number of anilines is 1. The average molecular weight is 233 g/mol. The lowest BCUT2D eigenvalue weighted by Gasteiger charge is -2.28. The predicted octanol–water partition coefficient (Wildman–Crippen LogP) is 1.36. The first-order chi connectivity index (χ1) is 7.79. The van der Waals surface area contributed by atoms with Gasteiger partial charge < -0.3 is 10.2 Å². The van der Waals surface area contributed by atoms with Gasteiger partial charge in [0.05, 0.1) is 17.4 Å². The zero-order valence-electron chi connectivity index (χ0n) is 8.64. The molecule has 82 valence electrons. The molecular weight excluding hydrogens is 222 g/mol. The number of carbonyl (C=O) groups is 1. The van der Waals surface area contributed by atoms with Gasteiger partial charge in [-0.3, -0.25) is 4.79 Å². The van der Waals surface area contributed by atoms with Crippen molar-refractivity contribution in [2.75, 3.05) is 24.5 Å². The Labute approximate surface area is 99.0 Å². The summed E-state index contributed by atoms with van der Waals surface area (Å²) in [7, 11) is 0. The first kappa shape index (κ1) is 10.8. The minimum absolute atomic E-state index is 0.0623. The lowest BCUT2D eigenvalue weighted by molar-refractivity contribution is -0.120. The molecule has 0 spiro atoms. The highest BCUT2D eigenvalue weighted by Gasteiger charge is 2.15. The molecule has 1 amide bonds. The van der Waals surface area contributed by atoms with E-state index in [1.165, 1.54) is 0 Å². The number of carbonyl (C=O) groups excluding carboxylic acids is 1. The molecule has 0 radical (unpaired) electrons. The molecule has 1 aliphatic rings. The maximum Gasteiger partial charge on any atom is 0.239 e. The summed E-state index contributed by atoms with van der Waals surface area (Å²) in [4.78, 5) is 17.1. The van der Waals surface area contributed by atoms with E-state index in [9.17, 15) is 4.79 Å². The number of nitrogens with one attached hydrogen (secondary N) is 1. The Morgan fingerprint density at radius 1 is 1.38 bits per heavy atom. The average Bonchev–Trinajstić information content (AvgIpc) is 2.30. The molecule has 1 aromatic carbocycles. The smallest absolute Gasteiger partial charge is 0.239 e. The van der Waals surface area contributed by atoms with Crippen LogP contribution in [0, 0.1) is 0 Å². The van der Waals surface area contributed by atoms with Crippen LogP contribution < -0.4 is 10.2 Å². The number of hydrogen-bond acceptors (Lipinski definition) is 4. The van der Waals surface area contributed by atoms with Crippen LogP contribution >= 0.6 is 12.2 Å². The van der Waals surface area contributed by atoms with Crippen LogP contribution in [-0.4, -0.2) is 30.7 Å². The van der Waals surface area contributed by atoms with Crippen LogP contribution in [0.2, 0.25) is 0 Å². The van der Waals surface area contributed by atoms with Crippen molar-refractivity contribution < 1.29 is 4.79 Å². The Bertz CT molecular complexity index is 437. The van der Waals surface area contributed by atoms with Gasteiger partial charge in [-0.25, -0.2) is 0 Å². The molecule has 0 aromatic heterocycles. The lowest BCUT2D eigenvalue weighted by Crippen LogP contribution is -2.47. The molecule has 1 aliphatic heterocycles. The van der Waals surface area contributed by atoms with E-state index in [1.807, 2.05) is 29.2 Å². The number of amides is 1.